The number of nitriles is 1. The van der Waals surface area contributed by atoms with Crippen molar-refractivity contribution in [3.05, 3.63) is 18.6 Å². The van der Waals surface area contributed by atoms with Gasteiger partial charge in [-0.25, -0.2) is 4.98 Å². The number of aromatic nitrogens is 2. The maximum absolute atomic E-state index is 8.52. The van der Waals surface area contributed by atoms with Gasteiger partial charge in [0.05, 0.1) is 18.7 Å². The van der Waals surface area contributed by atoms with Crippen molar-refractivity contribution in [3.63, 3.8) is 0 Å². The molecule has 0 saturated heterocycles. The Balaban J connectivity index is 2.69. The van der Waals surface area contributed by atoms with E-state index in [4.69, 9.17) is 5.26 Å². The van der Waals surface area contributed by atoms with Gasteiger partial charge in [-0.2, -0.15) is 5.26 Å². The van der Waals surface area contributed by atoms with E-state index in [1.54, 1.807) is 18.6 Å². The van der Waals surface area contributed by atoms with Crippen molar-refractivity contribution in [1.82, 2.24) is 9.97 Å². The minimum absolute atomic E-state index is 0.168. The molecule has 0 aromatic carbocycles. The van der Waals surface area contributed by atoms with Gasteiger partial charge in [-0.3, -0.25) is 4.98 Å². The van der Waals surface area contributed by atoms with Gasteiger partial charge in [-0.15, -0.1) is 0 Å². The van der Waals surface area contributed by atoms with E-state index in [0.717, 1.165) is 5.82 Å². The van der Waals surface area contributed by atoms with Crippen LogP contribution in [0.1, 0.15) is 13.3 Å². The van der Waals surface area contributed by atoms with Gasteiger partial charge in [0, 0.05) is 25.5 Å². The molecule has 4 heteroatoms. The number of rotatable bonds is 3. The molecule has 1 rings (SSSR count). The Labute approximate surface area is 77.8 Å². The van der Waals surface area contributed by atoms with Crippen LogP contribution in [0.25, 0.3) is 0 Å². The van der Waals surface area contributed by atoms with Crippen molar-refractivity contribution in [2.75, 3.05) is 11.9 Å². The van der Waals surface area contributed by atoms with E-state index in [-0.39, 0.29) is 6.04 Å². The summed E-state index contributed by atoms with van der Waals surface area (Å²) in [7, 11) is 1.91. The molecule has 13 heavy (non-hydrogen) atoms. The van der Waals surface area contributed by atoms with Crippen LogP contribution in [-0.4, -0.2) is 23.1 Å². The number of nitrogens with zero attached hydrogens (tertiary/aromatic N) is 4. The summed E-state index contributed by atoms with van der Waals surface area (Å²) in [6.07, 6.45) is 5.46. The number of hydrogen-bond donors (Lipinski definition) is 0. The zero-order chi connectivity index (χ0) is 9.68. The standard InChI is InChI=1S/C9H12N4/c1-8(3-4-10)13(2)9-7-11-5-6-12-9/h5-8H,3H2,1-2H3. The van der Waals surface area contributed by atoms with Crippen LogP contribution in [-0.2, 0) is 0 Å². The highest BCUT2D eigenvalue weighted by Gasteiger charge is 2.09. The van der Waals surface area contributed by atoms with Crippen molar-refractivity contribution in [3.8, 4) is 6.07 Å². The van der Waals surface area contributed by atoms with E-state index < -0.39 is 0 Å². The van der Waals surface area contributed by atoms with Crippen LogP contribution in [0.2, 0.25) is 0 Å². The minimum atomic E-state index is 0.168. The zero-order valence-electron chi connectivity index (χ0n) is 7.81. The van der Waals surface area contributed by atoms with Crippen molar-refractivity contribution >= 4 is 5.82 Å². The Morgan fingerprint density at radius 3 is 2.92 bits per heavy atom. The van der Waals surface area contributed by atoms with Crippen LogP contribution >= 0.6 is 0 Å². The topological polar surface area (TPSA) is 52.8 Å². The SMILES string of the molecule is CC(CC#N)N(C)c1cnccn1. The van der Waals surface area contributed by atoms with Crippen molar-refractivity contribution in [2.24, 2.45) is 0 Å². The summed E-state index contributed by atoms with van der Waals surface area (Å²) in [5.74, 6) is 0.797. The highest BCUT2D eigenvalue weighted by Crippen LogP contribution is 2.10. The largest absolute Gasteiger partial charge is 0.355 e. The number of anilines is 1. The Kier molecular flexibility index (Phi) is 3.21. The fraction of sp³-hybridized carbons (Fsp3) is 0.444. The summed E-state index contributed by atoms with van der Waals surface area (Å²) in [5.41, 5.74) is 0. The van der Waals surface area contributed by atoms with E-state index in [1.807, 2.05) is 18.9 Å². The molecule has 68 valence electrons. The average Bonchev–Trinajstić information content (AvgIpc) is 2.18. The van der Waals surface area contributed by atoms with Gasteiger partial charge in [0.1, 0.15) is 5.82 Å². The maximum atomic E-state index is 8.52. The molecule has 0 radical (unpaired) electrons. The Morgan fingerprint density at radius 1 is 1.62 bits per heavy atom. The van der Waals surface area contributed by atoms with E-state index in [2.05, 4.69) is 16.0 Å². The van der Waals surface area contributed by atoms with Crippen LogP contribution in [0.3, 0.4) is 0 Å². The third-order valence-corrected chi connectivity index (χ3v) is 1.96. The van der Waals surface area contributed by atoms with Crippen LogP contribution in [0, 0.1) is 11.3 Å². The summed E-state index contributed by atoms with van der Waals surface area (Å²) >= 11 is 0. The summed E-state index contributed by atoms with van der Waals surface area (Å²) < 4.78 is 0. The van der Waals surface area contributed by atoms with Crippen molar-refractivity contribution in [2.45, 2.75) is 19.4 Å². The first-order valence-corrected chi connectivity index (χ1v) is 4.11. The van der Waals surface area contributed by atoms with Gasteiger partial charge >= 0.3 is 0 Å². The maximum Gasteiger partial charge on any atom is 0.147 e. The molecule has 1 heterocycles. The average molecular weight is 176 g/mol. The molecule has 1 aromatic heterocycles. The smallest absolute Gasteiger partial charge is 0.147 e. The first kappa shape index (κ1) is 9.46. The van der Waals surface area contributed by atoms with Gasteiger partial charge in [0.2, 0.25) is 0 Å². The quantitative estimate of drug-likeness (QED) is 0.694. The molecular weight excluding hydrogens is 164 g/mol. The number of hydrogen-bond acceptors (Lipinski definition) is 4. The lowest BCUT2D eigenvalue weighted by molar-refractivity contribution is 0.692. The highest BCUT2D eigenvalue weighted by molar-refractivity contribution is 5.35. The predicted molar refractivity (Wildman–Crippen MR) is 50.1 cm³/mol. The molecule has 1 atom stereocenters. The summed E-state index contributed by atoms with van der Waals surface area (Å²) in [6.45, 7) is 1.98. The molecule has 0 aliphatic carbocycles. The van der Waals surface area contributed by atoms with E-state index in [0.29, 0.717) is 6.42 Å². The molecule has 0 fully saturated rings. The highest BCUT2D eigenvalue weighted by atomic mass is 15.2. The zero-order valence-corrected chi connectivity index (χ0v) is 7.81. The van der Waals surface area contributed by atoms with Crippen LogP contribution in [0.4, 0.5) is 5.82 Å². The first-order valence-electron chi connectivity index (χ1n) is 4.11. The van der Waals surface area contributed by atoms with Crippen molar-refractivity contribution < 1.29 is 0 Å². The monoisotopic (exact) mass is 176 g/mol. The first-order chi connectivity index (χ1) is 6.25. The molecule has 0 saturated carbocycles. The molecule has 0 aliphatic heterocycles. The second-order valence-corrected chi connectivity index (χ2v) is 2.89. The van der Waals surface area contributed by atoms with Gasteiger partial charge in [0.25, 0.3) is 0 Å². The predicted octanol–water partition coefficient (Wildman–Crippen LogP) is 1.21. The third kappa shape index (κ3) is 2.41. The summed E-state index contributed by atoms with van der Waals surface area (Å²) in [4.78, 5) is 10.0. The molecule has 0 bridgehead atoms. The van der Waals surface area contributed by atoms with Gasteiger partial charge in [-0.1, -0.05) is 0 Å². The second-order valence-electron chi connectivity index (χ2n) is 2.89. The van der Waals surface area contributed by atoms with Crippen LogP contribution < -0.4 is 4.90 Å². The normalized spacial score (nSPS) is 11.8. The van der Waals surface area contributed by atoms with E-state index in [9.17, 15) is 0 Å². The Hall–Kier alpha value is -1.63. The lowest BCUT2D eigenvalue weighted by atomic mass is 10.2. The second kappa shape index (κ2) is 4.41. The summed E-state index contributed by atoms with van der Waals surface area (Å²) in [5, 5.41) is 8.52. The van der Waals surface area contributed by atoms with Crippen LogP contribution in [0.15, 0.2) is 18.6 Å². The van der Waals surface area contributed by atoms with E-state index in [1.165, 1.54) is 0 Å². The van der Waals surface area contributed by atoms with E-state index >= 15 is 0 Å². The Bertz CT molecular complexity index is 290. The fourth-order valence-electron chi connectivity index (χ4n) is 0.968. The molecule has 1 aromatic rings. The molecule has 0 aliphatic rings. The third-order valence-electron chi connectivity index (χ3n) is 1.96. The summed E-state index contributed by atoms with van der Waals surface area (Å²) in [6, 6.07) is 2.30. The minimum Gasteiger partial charge on any atom is -0.355 e. The van der Waals surface area contributed by atoms with Crippen molar-refractivity contribution in [1.29, 1.82) is 5.26 Å². The molecule has 0 amide bonds. The molecule has 4 nitrogen and oxygen atoms in total. The molecule has 0 spiro atoms. The molecule has 1 unspecified atom stereocenters. The lowest BCUT2D eigenvalue weighted by Gasteiger charge is -2.23. The molecule has 0 N–H and O–H groups in total. The fourth-order valence-corrected chi connectivity index (χ4v) is 0.968. The molecular formula is C9H12N4. The van der Waals surface area contributed by atoms with Crippen LogP contribution in [0.5, 0.6) is 0 Å². The van der Waals surface area contributed by atoms with Gasteiger partial charge in [0.15, 0.2) is 0 Å². The van der Waals surface area contributed by atoms with Gasteiger partial charge < -0.3 is 4.90 Å². The Morgan fingerprint density at radius 2 is 2.38 bits per heavy atom. The lowest BCUT2D eigenvalue weighted by Crippen LogP contribution is -2.29. The van der Waals surface area contributed by atoms with Gasteiger partial charge in [-0.05, 0) is 6.92 Å².